The van der Waals surface area contributed by atoms with Gasteiger partial charge in [-0.3, -0.25) is 4.79 Å². The first-order valence-corrected chi connectivity index (χ1v) is 11.0. The van der Waals surface area contributed by atoms with Gasteiger partial charge in [0.1, 0.15) is 11.8 Å². The van der Waals surface area contributed by atoms with Crippen LogP contribution in [0, 0.1) is 6.92 Å². The quantitative estimate of drug-likeness (QED) is 0.436. The van der Waals surface area contributed by atoms with E-state index in [0.29, 0.717) is 17.3 Å². The summed E-state index contributed by atoms with van der Waals surface area (Å²) in [7, 11) is 1.63. The first kappa shape index (κ1) is 21.5. The maximum Gasteiger partial charge on any atom is 0.255 e. The number of benzene rings is 3. The van der Waals surface area contributed by atoms with Gasteiger partial charge >= 0.3 is 0 Å². The number of ether oxygens (including phenoxy) is 1. The van der Waals surface area contributed by atoms with Crippen molar-refractivity contribution in [1.29, 1.82) is 0 Å². The predicted octanol–water partition coefficient (Wildman–Crippen LogP) is 5.19. The fourth-order valence-electron chi connectivity index (χ4n) is 4.08. The average molecular weight is 452 g/mol. The van der Waals surface area contributed by atoms with E-state index in [1.807, 2.05) is 92.7 Å². The van der Waals surface area contributed by atoms with Crippen LogP contribution in [-0.4, -0.2) is 27.8 Å². The summed E-state index contributed by atoms with van der Waals surface area (Å²) in [5.74, 6) is 1.73. The Morgan fingerprint density at radius 1 is 0.971 bits per heavy atom. The lowest BCUT2D eigenvalue weighted by Gasteiger charge is -2.28. The first-order valence-electron chi connectivity index (χ1n) is 11.0. The lowest BCUT2D eigenvalue weighted by Crippen LogP contribution is -2.31. The van der Waals surface area contributed by atoms with Crippen molar-refractivity contribution in [2.45, 2.75) is 19.9 Å². The highest BCUT2D eigenvalue weighted by Gasteiger charge is 2.34. The third kappa shape index (κ3) is 4.03. The van der Waals surface area contributed by atoms with Gasteiger partial charge in [-0.25, -0.2) is 4.68 Å². The normalized spacial score (nSPS) is 14.9. The number of fused-ring (bicyclic) bond motifs is 1. The number of amides is 1. The van der Waals surface area contributed by atoms with E-state index < -0.39 is 6.04 Å². The topological polar surface area (TPSA) is 81.1 Å². The van der Waals surface area contributed by atoms with Crippen LogP contribution in [0.2, 0.25) is 0 Å². The minimum absolute atomic E-state index is 0.199. The molecular weight excluding hydrogens is 426 g/mol. The monoisotopic (exact) mass is 451 g/mol. The fourth-order valence-corrected chi connectivity index (χ4v) is 4.08. The van der Waals surface area contributed by atoms with Gasteiger partial charge in [0, 0.05) is 16.9 Å². The number of carbonyl (C=O) groups is 1. The third-order valence-electron chi connectivity index (χ3n) is 5.87. The maximum absolute atomic E-state index is 13.5. The second-order valence-corrected chi connectivity index (χ2v) is 8.23. The summed E-state index contributed by atoms with van der Waals surface area (Å²) >= 11 is 0. The Balaban J connectivity index is 1.59. The van der Waals surface area contributed by atoms with Crippen molar-refractivity contribution in [3.63, 3.8) is 0 Å². The first-order chi connectivity index (χ1) is 16.5. The van der Waals surface area contributed by atoms with Crippen molar-refractivity contribution in [3.8, 4) is 17.1 Å². The molecule has 0 saturated carbocycles. The zero-order valence-electron chi connectivity index (χ0n) is 19.2. The van der Waals surface area contributed by atoms with Gasteiger partial charge in [-0.05, 0) is 43.7 Å². The number of anilines is 2. The van der Waals surface area contributed by atoms with E-state index in [-0.39, 0.29) is 5.91 Å². The molecule has 1 aromatic heterocycles. The molecule has 2 heterocycles. The van der Waals surface area contributed by atoms with Gasteiger partial charge in [-0.1, -0.05) is 60.2 Å². The van der Waals surface area contributed by atoms with E-state index in [1.165, 1.54) is 5.56 Å². The zero-order valence-corrected chi connectivity index (χ0v) is 19.2. The molecule has 7 heteroatoms. The van der Waals surface area contributed by atoms with Gasteiger partial charge in [0.25, 0.3) is 5.91 Å². The number of carbonyl (C=O) groups excluding carboxylic acids is 1. The number of rotatable bonds is 5. The lowest BCUT2D eigenvalue weighted by molar-refractivity contribution is -0.113. The van der Waals surface area contributed by atoms with Gasteiger partial charge in [0.05, 0.1) is 12.7 Å². The van der Waals surface area contributed by atoms with Crippen molar-refractivity contribution < 1.29 is 9.53 Å². The number of nitrogens with zero attached hydrogens (tertiary/aromatic N) is 3. The molecule has 2 N–H and O–H groups in total. The van der Waals surface area contributed by atoms with Crippen LogP contribution in [-0.2, 0) is 4.79 Å². The van der Waals surface area contributed by atoms with Crippen LogP contribution in [0.5, 0.6) is 5.75 Å². The van der Waals surface area contributed by atoms with Crippen LogP contribution in [0.4, 0.5) is 11.6 Å². The maximum atomic E-state index is 13.5. The molecule has 0 saturated heterocycles. The number of para-hydroxylation sites is 1. The number of allylic oxidation sites excluding steroid dienone is 1. The van der Waals surface area contributed by atoms with E-state index >= 15 is 0 Å². The van der Waals surface area contributed by atoms with E-state index in [9.17, 15) is 4.79 Å². The van der Waals surface area contributed by atoms with Crippen LogP contribution >= 0.6 is 0 Å². The molecule has 1 amide bonds. The van der Waals surface area contributed by atoms with Crippen molar-refractivity contribution in [2.24, 2.45) is 0 Å². The van der Waals surface area contributed by atoms with Gasteiger partial charge in [0.2, 0.25) is 5.95 Å². The van der Waals surface area contributed by atoms with Gasteiger partial charge < -0.3 is 15.4 Å². The van der Waals surface area contributed by atoms with E-state index in [4.69, 9.17) is 14.8 Å². The highest BCUT2D eigenvalue weighted by atomic mass is 16.5. The van der Waals surface area contributed by atoms with Crippen LogP contribution in [0.1, 0.15) is 24.1 Å². The van der Waals surface area contributed by atoms with Crippen LogP contribution in [0.3, 0.4) is 0 Å². The summed E-state index contributed by atoms with van der Waals surface area (Å²) in [6.45, 7) is 3.93. The SMILES string of the molecule is COc1ccc(C2C(C(=O)Nc3ccccc3)=C(C)Nc3nc(-c4ccc(C)cc4)nn32)cc1. The summed E-state index contributed by atoms with van der Waals surface area (Å²) in [5.41, 5.74) is 5.01. The van der Waals surface area contributed by atoms with Crippen molar-refractivity contribution >= 4 is 17.5 Å². The zero-order chi connectivity index (χ0) is 23.7. The van der Waals surface area contributed by atoms with Crippen molar-refractivity contribution in [2.75, 3.05) is 17.7 Å². The number of hydrogen-bond donors (Lipinski definition) is 2. The summed E-state index contributed by atoms with van der Waals surface area (Å²) in [6.07, 6.45) is 0. The molecule has 7 nitrogen and oxygen atoms in total. The Kier molecular flexibility index (Phi) is 5.59. The molecule has 1 atom stereocenters. The number of aromatic nitrogens is 3. The second-order valence-electron chi connectivity index (χ2n) is 8.23. The highest BCUT2D eigenvalue weighted by Crippen LogP contribution is 2.37. The molecule has 0 aliphatic carbocycles. The van der Waals surface area contributed by atoms with Crippen LogP contribution in [0.25, 0.3) is 11.4 Å². The third-order valence-corrected chi connectivity index (χ3v) is 5.87. The van der Waals surface area contributed by atoms with Crippen LogP contribution in [0.15, 0.2) is 90.1 Å². The van der Waals surface area contributed by atoms with Crippen LogP contribution < -0.4 is 15.4 Å². The highest BCUT2D eigenvalue weighted by molar-refractivity contribution is 6.06. The van der Waals surface area contributed by atoms with Crippen molar-refractivity contribution in [3.05, 3.63) is 101 Å². The van der Waals surface area contributed by atoms with Gasteiger partial charge in [-0.2, -0.15) is 4.98 Å². The summed E-state index contributed by atoms with van der Waals surface area (Å²) < 4.78 is 7.12. The predicted molar refractivity (Wildman–Crippen MR) is 133 cm³/mol. The Hall–Kier alpha value is -4.39. The number of aryl methyl sites for hydroxylation is 1. The molecule has 5 rings (SSSR count). The molecule has 4 aromatic rings. The van der Waals surface area contributed by atoms with Crippen molar-refractivity contribution in [1.82, 2.24) is 14.8 Å². The molecule has 1 unspecified atom stereocenters. The Morgan fingerprint density at radius 3 is 2.35 bits per heavy atom. The van der Waals surface area contributed by atoms with Gasteiger partial charge in [-0.15, -0.1) is 5.10 Å². The molecule has 170 valence electrons. The standard InChI is InChI=1S/C27H25N5O2/c1-17-9-11-20(12-10-17)25-30-27-28-18(2)23(26(33)29-21-7-5-4-6-8-21)24(32(27)31-25)19-13-15-22(34-3)16-14-19/h4-16,24H,1-3H3,(H,29,33)(H,28,30,31). The Bertz CT molecular complexity index is 1360. The van der Waals surface area contributed by atoms with Gasteiger partial charge in [0.15, 0.2) is 5.82 Å². The molecular formula is C27H25N5O2. The van der Waals surface area contributed by atoms with E-state index in [2.05, 4.69) is 10.6 Å². The average Bonchev–Trinajstić information content (AvgIpc) is 3.27. The second kappa shape index (κ2) is 8.86. The molecule has 34 heavy (non-hydrogen) atoms. The molecule has 0 fully saturated rings. The number of methoxy groups -OCH3 is 1. The minimum Gasteiger partial charge on any atom is -0.497 e. The van der Waals surface area contributed by atoms with E-state index in [0.717, 1.165) is 28.3 Å². The molecule has 0 radical (unpaired) electrons. The molecule has 0 spiro atoms. The Morgan fingerprint density at radius 2 is 1.68 bits per heavy atom. The molecule has 1 aliphatic heterocycles. The number of hydrogen-bond acceptors (Lipinski definition) is 5. The van der Waals surface area contributed by atoms with E-state index in [1.54, 1.807) is 11.8 Å². The number of nitrogens with one attached hydrogen (secondary N) is 2. The smallest absolute Gasteiger partial charge is 0.255 e. The largest absolute Gasteiger partial charge is 0.497 e. The summed E-state index contributed by atoms with van der Waals surface area (Å²) in [5, 5.41) is 11.1. The molecule has 1 aliphatic rings. The molecule has 0 bridgehead atoms. The Labute approximate surface area is 198 Å². The lowest BCUT2D eigenvalue weighted by atomic mass is 9.95. The fraction of sp³-hybridized carbons (Fsp3) is 0.148. The summed E-state index contributed by atoms with van der Waals surface area (Å²) in [4.78, 5) is 18.3. The molecule has 3 aromatic carbocycles. The minimum atomic E-state index is -0.461. The summed E-state index contributed by atoms with van der Waals surface area (Å²) in [6, 6.07) is 24.7.